The predicted octanol–water partition coefficient (Wildman–Crippen LogP) is -11.3. The maximum Gasteiger partial charge on any atom is 3.00 e. The summed E-state index contributed by atoms with van der Waals surface area (Å²) in [6.07, 6.45) is 0. The fraction of sp³-hybridized carbons (Fsp3) is 0. The first-order chi connectivity index (χ1) is 5.20. The van der Waals surface area contributed by atoms with Crippen LogP contribution < -0.4 is 28.8 Å². The van der Waals surface area contributed by atoms with Crippen molar-refractivity contribution in [2.45, 2.75) is 0 Å². The zero-order valence-corrected chi connectivity index (χ0v) is 16.9. The molecule has 9 nitrogen and oxygen atoms in total. The Bertz CT molecular complexity index is 148. The van der Waals surface area contributed by atoms with Crippen molar-refractivity contribution >= 4 is 138 Å². The van der Waals surface area contributed by atoms with Gasteiger partial charge in [0.05, 0.1) is 0 Å². The van der Waals surface area contributed by atoms with Gasteiger partial charge in [-0.1, -0.05) is 0 Å². The van der Waals surface area contributed by atoms with Gasteiger partial charge in [0.15, 0.2) is 34.7 Å². The van der Waals surface area contributed by atoms with E-state index in [4.69, 9.17) is 42.2 Å². The number of hydrogen-bond acceptors (Lipinski definition) is 9. The van der Waals surface area contributed by atoms with E-state index in [-0.39, 0.29) is 150 Å². The van der Waals surface area contributed by atoms with Gasteiger partial charge in [-0.15, -0.1) is 0 Å². The molecule has 102 valence electrons. The zero-order chi connectivity index (χ0) is 10.7. The van der Waals surface area contributed by atoms with Gasteiger partial charge in [0.1, 0.15) is 0 Å². The van der Waals surface area contributed by atoms with E-state index in [1.54, 1.807) is 0 Å². The van der Waals surface area contributed by atoms with E-state index >= 15 is 0 Å². The quantitative estimate of drug-likeness (QED) is 0.301. The molecule has 0 aliphatic rings. The molecule has 0 fully saturated rings. The Morgan fingerprint density at radius 3 is 0.556 bits per heavy atom. The summed E-state index contributed by atoms with van der Waals surface area (Å²) >= 11 is 0. The van der Waals surface area contributed by atoms with Gasteiger partial charge in [-0.25, -0.2) is 0 Å². The molecule has 18 heteroatoms. The monoisotopic (exact) mass is 484 g/mol. The summed E-state index contributed by atoms with van der Waals surface area (Å²) in [6.45, 7) is 0. The molecular weight excluding hydrogens is 474 g/mol. The van der Waals surface area contributed by atoms with E-state index in [1.807, 2.05) is 0 Å². The summed E-state index contributed by atoms with van der Waals surface area (Å²) in [7, 11) is -10.9. The van der Waals surface area contributed by atoms with E-state index in [9.17, 15) is 0 Å². The summed E-state index contributed by atoms with van der Waals surface area (Å²) in [5, 5.41) is 0. The van der Waals surface area contributed by atoms with Crippen molar-refractivity contribution in [1.29, 1.82) is 0 Å². The fourth-order valence-corrected chi connectivity index (χ4v) is 0. The minimum atomic E-state index is -3.63. The number of rotatable bonds is 0. The smallest absolute Gasteiger partial charge is 1.00 e. The van der Waals surface area contributed by atoms with Crippen molar-refractivity contribution in [1.82, 2.24) is 0 Å². The fourth-order valence-electron chi connectivity index (χ4n) is 0. The minimum absolute atomic E-state index is 0. The normalized spacial score (nSPS) is 4.00. The first-order valence-electron chi connectivity index (χ1n) is 1.84. The molecular formula is H10Al2Ca2Fe2O9Si3. The molecule has 0 rings (SSSR count). The molecule has 0 saturated carbocycles. The molecule has 2 radical (unpaired) electrons. The van der Waals surface area contributed by atoms with Crippen LogP contribution in [0.2, 0.25) is 0 Å². The van der Waals surface area contributed by atoms with Crippen LogP contribution in [0.25, 0.3) is 0 Å². The average molecular weight is 484 g/mol. The molecule has 0 saturated heterocycles. The Morgan fingerprint density at radius 1 is 0.556 bits per heavy atom. The van der Waals surface area contributed by atoms with E-state index in [2.05, 4.69) is 0 Å². The molecule has 18 heavy (non-hydrogen) atoms. The summed E-state index contributed by atoms with van der Waals surface area (Å²) in [4.78, 5) is 51.1. The van der Waals surface area contributed by atoms with Crippen LogP contribution in [-0.2, 0) is 47.5 Å². The third kappa shape index (κ3) is 551. The van der Waals surface area contributed by atoms with Crippen LogP contribution in [0.1, 0.15) is 5.71 Å². The summed E-state index contributed by atoms with van der Waals surface area (Å²) in [6, 6.07) is 0. The van der Waals surface area contributed by atoms with Crippen LogP contribution in [0.15, 0.2) is 0 Å². The van der Waals surface area contributed by atoms with Gasteiger partial charge < -0.3 is 47.9 Å². The zero-order valence-electron chi connectivity index (χ0n) is 11.3. The van der Waals surface area contributed by atoms with Crippen molar-refractivity contribution in [3.63, 3.8) is 0 Å². The Labute approximate surface area is 216 Å². The second-order valence-electron chi connectivity index (χ2n) is 0.750. The molecule has 0 aromatic carbocycles. The van der Waals surface area contributed by atoms with Crippen molar-refractivity contribution in [2.75, 3.05) is 0 Å². The van der Waals surface area contributed by atoms with Crippen LogP contribution >= 0.6 is 0 Å². The van der Waals surface area contributed by atoms with Gasteiger partial charge in [0.2, 0.25) is 0 Å². The molecule has 0 aromatic rings. The van der Waals surface area contributed by atoms with Crippen molar-refractivity contribution in [3.05, 3.63) is 0 Å². The number of hydrogen-bond donors (Lipinski definition) is 0. The third-order valence-corrected chi connectivity index (χ3v) is 0. The third-order valence-electron chi connectivity index (χ3n) is 0. The van der Waals surface area contributed by atoms with Gasteiger partial charge in [-0.05, 0) is 0 Å². The summed E-state index contributed by atoms with van der Waals surface area (Å²) in [5.41, 5.74) is 0. The Hall–Kier alpha value is 3.47. The Balaban J connectivity index is -0.00000000409. The van der Waals surface area contributed by atoms with Gasteiger partial charge in [0.25, 0.3) is 0 Å². The van der Waals surface area contributed by atoms with Gasteiger partial charge in [-0.3, -0.25) is 0 Å². The molecule has 0 aliphatic heterocycles. The molecule has 0 bridgehead atoms. The van der Waals surface area contributed by atoms with E-state index in [0.717, 1.165) is 0 Å². The van der Waals surface area contributed by atoms with Crippen LogP contribution in [-0.4, -0.2) is 138 Å². The molecule has 0 spiro atoms. The average Bonchev–Trinajstić information content (AvgIpc) is 1.54. The van der Waals surface area contributed by atoms with Crippen molar-refractivity contribution in [2.24, 2.45) is 0 Å². The van der Waals surface area contributed by atoms with Crippen molar-refractivity contribution in [3.8, 4) is 0 Å². The van der Waals surface area contributed by atoms with Crippen molar-refractivity contribution < 1.29 is 82.0 Å². The van der Waals surface area contributed by atoms with E-state index < -0.39 is 27.5 Å². The Kier molecular flexibility index (Phi) is 160. The van der Waals surface area contributed by atoms with Crippen LogP contribution in [0.3, 0.4) is 0 Å². The predicted molar refractivity (Wildman–Crippen MR) is 55.2 cm³/mol. The van der Waals surface area contributed by atoms with E-state index in [0.29, 0.717) is 0 Å². The van der Waals surface area contributed by atoms with Gasteiger partial charge in [0, 0.05) is 27.5 Å². The first-order valence-corrected chi connectivity index (χ1v) is 5.51. The SMILES string of the molecule is O=[Si]([O-])[O-].O=[Si]([O-])[O-].O=[Si]([O-])[O-].[AlH3].[AlH3].[Ca+2].[Ca+2].[Fe+3].[Fe+3].[H-].[H-].[H-].[H-]. The molecule has 0 heterocycles. The molecule has 0 aliphatic carbocycles. The summed E-state index contributed by atoms with van der Waals surface area (Å²) < 4.78 is 25.6. The van der Waals surface area contributed by atoms with Crippen LogP contribution in [0.5, 0.6) is 0 Å². The second kappa shape index (κ2) is 49.9. The van der Waals surface area contributed by atoms with Gasteiger partial charge >= 0.3 is 110 Å². The molecule has 0 atom stereocenters. The van der Waals surface area contributed by atoms with Gasteiger partial charge in [-0.2, -0.15) is 0 Å². The maximum absolute atomic E-state index is 8.52. The molecule has 0 unspecified atom stereocenters. The molecule has 0 amide bonds. The topological polar surface area (TPSA) is 190 Å². The Morgan fingerprint density at radius 2 is 0.556 bits per heavy atom. The van der Waals surface area contributed by atoms with Crippen LogP contribution in [0.4, 0.5) is 0 Å². The first kappa shape index (κ1) is 57.9. The van der Waals surface area contributed by atoms with E-state index in [1.165, 1.54) is 0 Å². The minimum Gasteiger partial charge on any atom is -1.00 e. The second-order valence-corrected chi connectivity index (χ2v) is 2.25. The largest absolute Gasteiger partial charge is 3.00 e. The molecule has 0 aromatic heterocycles. The standard InChI is InChI=1S/2Al.2Ca.2Fe.3O3Si.10H/c;;;;;;3*1-4(2)3;;;;;;;;;;/q;;2*+2;2*+3;3*-2;;;;;;;4*-1. The molecule has 0 N–H and O–H groups in total. The maximum atomic E-state index is 8.52. The van der Waals surface area contributed by atoms with Crippen LogP contribution in [0, 0.1) is 0 Å². The summed E-state index contributed by atoms with van der Waals surface area (Å²) in [5.74, 6) is 0.